The molecule has 1 saturated heterocycles. The Morgan fingerprint density at radius 2 is 1.60 bits per heavy atom. The van der Waals surface area contributed by atoms with Gasteiger partial charge in [0, 0.05) is 19.2 Å². The lowest BCUT2D eigenvalue weighted by atomic mass is 10.1. The number of carbonyl (C=O) groups is 3. The van der Waals surface area contributed by atoms with Crippen molar-refractivity contribution in [3.05, 3.63) is 58.5 Å². The molecule has 35 heavy (non-hydrogen) atoms. The molecular weight excluding hydrogens is 472 g/mol. The summed E-state index contributed by atoms with van der Waals surface area (Å²) in [5.41, 5.74) is 1.45. The zero-order valence-electron chi connectivity index (χ0n) is 19.8. The molecule has 0 bridgehead atoms. The van der Waals surface area contributed by atoms with Crippen LogP contribution in [0.15, 0.2) is 47.4 Å². The van der Waals surface area contributed by atoms with Gasteiger partial charge in [0.05, 0.1) is 33.3 Å². The van der Waals surface area contributed by atoms with E-state index in [1.165, 1.54) is 27.4 Å². The van der Waals surface area contributed by atoms with Gasteiger partial charge in [0.2, 0.25) is 11.7 Å². The van der Waals surface area contributed by atoms with Crippen LogP contribution in [0.1, 0.15) is 11.1 Å². The number of rotatable bonds is 10. The van der Waals surface area contributed by atoms with E-state index in [0.29, 0.717) is 22.8 Å². The largest absolute Gasteiger partial charge is 0.497 e. The first kappa shape index (κ1) is 25.7. The lowest BCUT2D eigenvalue weighted by molar-refractivity contribution is -0.123. The first-order valence-electron chi connectivity index (χ1n) is 10.6. The third-order valence-electron chi connectivity index (χ3n) is 5.04. The molecule has 3 rings (SSSR count). The Labute approximate surface area is 207 Å². The number of benzene rings is 2. The molecule has 2 aromatic rings. The van der Waals surface area contributed by atoms with Crippen molar-refractivity contribution in [2.75, 3.05) is 41.5 Å². The summed E-state index contributed by atoms with van der Waals surface area (Å²) in [7, 11) is 6.07. The molecule has 9 nitrogen and oxygen atoms in total. The number of amides is 3. The highest BCUT2D eigenvalue weighted by molar-refractivity contribution is 8.18. The highest BCUT2D eigenvalue weighted by Gasteiger charge is 2.34. The molecule has 2 aromatic carbocycles. The lowest BCUT2D eigenvalue weighted by Gasteiger charge is -2.13. The Bertz CT molecular complexity index is 1130. The van der Waals surface area contributed by atoms with E-state index >= 15 is 0 Å². The van der Waals surface area contributed by atoms with Gasteiger partial charge in [0.25, 0.3) is 11.1 Å². The Morgan fingerprint density at radius 1 is 0.943 bits per heavy atom. The summed E-state index contributed by atoms with van der Waals surface area (Å²) in [5.74, 6) is 1.25. The first-order chi connectivity index (χ1) is 16.9. The summed E-state index contributed by atoms with van der Waals surface area (Å²) in [4.78, 5) is 38.6. The molecule has 0 radical (unpaired) electrons. The predicted octanol–water partition coefficient (Wildman–Crippen LogP) is 3.59. The minimum absolute atomic E-state index is 0.0549. The number of hydrogen-bond donors (Lipinski definition) is 1. The second kappa shape index (κ2) is 12.0. The molecule has 1 aliphatic heterocycles. The second-order valence-electron chi connectivity index (χ2n) is 7.19. The Balaban J connectivity index is 1.60. The Kier molecular flexibility index (Phi) is 8.80. The average molecular weight is 499 g/mol. The van der Waals surface area contributed by atoms with Gasteiger partial charge in [-0.05, 0) is 59.3 Å². The van der Waals surface area contributed by atoms with Crippen molar-refractivity contribution in [2.24, 2.45) is 0 Å². The van der Waals surface area contributed by atoms with Crippen molar-refractivity contribution < 1.29 is 33.3 Å². The van der Waals surface area contributed by atoms with Crippen molar-refractivity contribution in [1.29, 1.82) is 0 Å². The minimum Gasteiger partial charge on any atom is -0.497 e. The summed E-state index contributed by atoms with van der Waals surface area (Å²) < 4.78 is 21.1. The number of hydrogen-bond acceptors (Lipinski definition) is 8. The van der Waals surface area contributed by atoms with Gasteiger partial charge in [-0.25, -0.2) is 0 Å². The van der Waals surface area contributed by atoms with Gasteiger partial charge >= 0.3 is 0 Å². The Hall–Kier alpha value is -3.92. The molecule has 0 aromatic heterocycles. The molecule has 1 aliphatic rings. The molecule has 3 amide bonds. The number of carbonyl (C=O) groups excluding carboxylic acids is 3. The molecule has 0 saturated carbocycles. The zero-order valence-corrected chi connectivity index (χ0v) is 20.6. The number of nitrogens with zero attached hydrogens (tertiary/aromatic N) is 1. The van der Waals surface area contributed by atoms with Gasteiger partial charge in [0.15, 0.2) is 11.5 Å². The van der Waals surface area contributed by atoms with Gasteiger partial charge in [-0.1, -0.05) is 12.1 Å². The van der Waals surface area contributed by atoms with Crippen LogP contribution < -0.4 is 24.3 Å². The van der Waals surface area contributed by atoms with Crippen molar-refractivity contribution in [3.8, 4) is 23.0 Å². The van der Waals surface area contributed by atoms with Crippen LogP contribution in [-0.4, -0.2) is 63.5 Å². The summed E-state index contributed by atoms with van der Waals surface area (Å²) in [6.07, 6.45) is 4.64. The number of methoxy groups -OCH3 is 4. The van der Waals surface area contributed by atoms with Gasteiger partial charge in [-0.15, -0.1) is 0 Å². The van der Waals surface area contributed by atoms with Crippen LogP contribution in [0.3, 0.4) is 0 Å². The standard InChI is InChI=1S/C25H26N2O7S/c1-31-18-8-5-16(6-9-18)7-10-22(28)26-11-12-27-24(29)21(35-25(27)30)15-17-13-19(32-2)23(34-4)20(14-17)33-3/h5-10,13-15H,11-12H2,1-4H3,(H,26,28). The maximum absolute atomic E-state index is 12.8. The third kappa shape index (κ3) is 6.36. The molecular formula is C25H26N2O7S. The molecule has 1 heterocycles. The fourth-order valence-corrected chi connectivity index (χ4v) is 4.13. The average Bonchev–Trinajstić information content (AvgIpc) is 3.14. The molecule has 1 fully saturated rings. The fraction of sp³-hybridized carbons (Fsp3) is 0.240. The normalized spacial score (nSPS) is 14.5. The van der Waals surface area contributed by atoms with E-state index in [9.17, 15) is 14.4 Å². The fourth-order valence-electron chi connectivity index (χ4n) is 3.27. The highest BCUT2D eigenvalue weighted by Crippen LogP contribution is 2.40. The molecule has 0 aliphatic carbocycles. The van der Waals surface area contributed by atoms with Gasteiger partial charge in [-0.2, -0.15) is 0 Å². The van der Waals surface area contributed by atoms with E-state index in [-0.39, 0.29) is 23.9 Å². The van der Waals surface area contributed by atoms with E-state index in [0.717, 1.165) is 28.0 Å². The molecule has 10 heteroatoms. The number of imide groups is 1. The van der Waals surface area contributed by atoms with Crippen molar-refractivity contribution >= 4 is 41.0 Å². The van der Waals surface area contributed by atoms with Crippen LogP contribution in [0.2, 0.25) is 0 Å². The maximum atomic E-state index is 12.8. The molecule has 0 unspecified atom stereocenters. The Morgan fingerprint density at radius 3 is 2.17 bits per heavy atom. The minimum atomic E-state index is -0.434. The van der Waals surface area contributed by atoms with Gasteiger partial charge < -0.3 is 24.3 Å². The number of thioether (sulfide) groups is 1. The predicted molar refractivity (Wildman–Crippen MR) is 134 cm³/mol. The first-order valence-corrected chi connectivity index (χ1v) is 11.4. The lowest BCUT2D eigenvalue weighted by Crippen LogP contribution is -2.36. The van der Waals surface area contributed by atoms with E-state index in [1.54, 1.807) is 43.5 Å². The van der Waals surface area contributed by atoms with Crippen molar-refractivity contribution in [3.63, 3.8) is 0 Å². The topological polar surface area (TPSA) is 103 Å². The van der Waals surface area contributed by atoms with E-state index < -0.39 is 11.1 Å². The van der Waals surface area contributed by atoms with E-state index in [1.807, 2.05) is 12.1 Å². The van der Waals surface area contributed by atoms with Crippen LogP contribution >= 0.6 is 11.8 Å². The van der Waals surface area contributed by atoms with Crippen LogP contribution in [0.4, 0.5) is 4.79 Å². The molecule has 1 N–H and O–H groups in total. The van der Waals surface area contributed by atoms with Crippen LogP contribution in [-0.2, 0) is 9.59 Å². The SMILES string of the molecule is COc1ccc(C=CC(=O)NCCN2C(=O)SC(=Cc3cc(OC)c(OC)c(OC)c3)C2=O)cc1. The third-order valence-corrected chi connectivity index (χ3v) is 5.94. The van der Waals surface area contributed by atoms with Crippen molar-refractivity contribution in [1.82, 2.24) is 10.2 Å². The number of nitrogens with one attached hydrogen (secondary N) is 1. The van der Waals surface area contributed by atoms with Crippen molar-refractivity contribution in [2.45, 2.75) is 0 Å². The second-order valence-corrected chi connectivity index (χ2v) is 8.18. The van der Waals surface area contributed by atoms with Crippen LogP contribution in [0, 0.1) is 0 Å². The quantitative estimate of drug-likeness (QED) is 0.496. The summed E-state index contributed by atoms with van der Waals surface area (Å²) in [6, 6.07) is 10.6. The smallest absolute Gasteiger partial charge is 0.293 e. The maximum Gasteiger partial charge on any atom is 0.293 e. The summed E-state index contributed by atoms with van der Waals surface area (Å²) in [5, 5.41) is 2.27. The highest BCUT2D eigenvalue weighted by atomic mass is 32.2. The van der Waals surface area contributed by atoms with E-state index in [2.05, 4.69) is 5.32 Å². The molecule has 0 atom stereocenters. The van der Waals surface area contributed by atoms with Gasteiger partial charge in [-0.3, -0.25) is 19.3 Å². The molecule has 0 spiro atoms. The van der Waals surface area contributed by atoms with Crippen LogP contribution in [0.5, 0.6) is 23.0 Å². The molecule has 184 valence electrons. The number of ether oxygens (including phenoxy) is 4. The summed E-state index contributed by atoms with van der Waals surface area (Å²) in [6.45, 7) is 0.181. The summed E-state index contributed by atoms with van der Waals surface area (Å²) >= 11 is 0.832. The van der Waals surface area contributed by atoms with Gasteiger partial charge in [0.1, 0.15) is 5.75 Å². The van der Waals surface area contributed by atoms with E-state index in [4.69, 9.17) is 18.9 Å². The monoisotopic (exact) mass is 498 g/mol. The zero-order chi connectivity index (χ0) is 25.4. The van der Waals surface area contributed by atoms with Crippen LogP contribution in [0.25, 0.3) is 12.2 Å².